The number of carbonyl (C=O) groups excluding carboxylic acids is 3. The maximum atomic E-state index is 13.5. The van der Waals surface area contributed by atoms with Crippen molar-refractivity contribution in [2.24, 2.45) is 0 Å². The molecule has 0 saturated carbocycles. The zero-order chi connectivity index (χ0) is 29.2. The van der Waals surface area contributed by atoms with Crippen molar-refractivity contribution in [3.05, 3.63) is 94.6 Å². The Morgan fingerprint density at radius 3 is 2.15 bits per heavy atom. The number of hydrogen-bond donors (Lipinski definition) is 2. The number of phenolic OH excluding ortho intramolecular Hbond substituents is 1. The molecule has 1 fully saturated rings. The van der Waals surface area contributed by atoms with Crippen molar-refractivity contribution in [1.82, 2.24) is 0 Å². The van der Waals surface area contributed by atoms with E-state index in [1.54, 1.807) is 49.6 Å². The third-order valence-electron chi connectivity index (χ3n) is 6.75. The molecule has 1 unspecified atom stereocenters. The van der Waals surface area contributed by atoms with Crippen molar-refractivity contribution in [3.63, 3.8) is 0 Å². The second-order valence-corrected chi connectivity index (χ2v) is 10.6. The summed E-state index contributed by atoms with van der Waals surface area (Å²) in [5, 5.41) is 21.4. The monoisotopic (exact) mass is 543 g/mol. The molecule has 1 atom stereocenters. The van der Waals surface area contributed by atoms with Gasteiger partial charge in [-0.2, -0.15) is 0 Å². The lowest BCUT2D eigenvalue weighted by Crippen LogP contribution is -2.29. The summed E-state index contributed by atoms with van der Waals surface area (Å²) in [6.45, 7) is 8.20. The lowest BCUT2D eigenvalue weighted by Gasteiger charge is -2.26. The predicted octanol–water partition coefficient (Wildman–Crippen LogP) is 5.89. The van der Waals surface area contributed by atoms with Gasteiger partial charge in [0.25, 0.3) is 11.7 Å². The minimum absolute atomic E-state index is 0.0145. The first-order chi connectivity index (χ1) is 19.0. The van der Waals surface area contributed by atoms with Crippen LogP contribution in [-0.4, -0.2) is 41.6 Å². The van der Waals surface area contributed by atoms with Gasteiger partial charge in [0, 0.05) is 16.8 Å². The molecule has 1 aliphatic rings. The van der Waals surface area contributed by atoms with E-state index >= 15 is 0 Å². The molecule has 4 rings (SSSR count). The molecule has 0 radical (unpaired) electrons. The van der Waals surface area contributed by atoms with Crippen LogP contribution in [0, 0.1) is 0 Å². The van der Waals surface area contributed by atoms with Gasteiger partial charge in [0.05, 0.1) is 30.9 Å². The molecular weight excluding hydrogens is 510 g/mol. The molecule has 3 aromatic carbocycles. The minimum atomic E-state index is -0.987. The zero-order valence-electron chi connectivity index (χ0n) is 23.2. The second kappa shape index (κ2) is 11.3. The molecule has 8 nitrogen and oxygen atoms in total. The molecule has 1 amide bonds. The number of hydrogen-bond acceptors (Lipinski definition) is 7. The Bertz CT molecular complexity index is 1460. The molecule has 208 valence electrons. The summed E-state index contributed by atoms with van der Waals surface area (Å²) in [4.78, 5) is 40.5. The van der Waals surface area contributed by atoms with Crippen LogP contribution in [-0.2, 0) is 19.7 Å². The molecule has 0 bridgehead atoms. The number of phenols is 1. The highest BCUT2D eigenvalue weighted by atomic mass is 16.5. The molecule has 0 aliphatic carbocycles. The number of esters is 1. The summed E-state index contributed by atoms with van der Waals surface area (Å²) < 4.78 is 10.7. The summed E-state index contributed by atoms with van der Waals surface area (Å²) >= 11 is 0. The van der Waals surface area contributed by atoms with Crippen LogP contribution in [0.4, 0.5) is 5.69 Å². The van der Waals surface area contributed by atoms with Crippen LogP contribution >= 0.6 is 0 Å². The number of aliphatic hydroxyl groups is 1. The van der Waals surface area contributed by atoms with E-state index in [0.717, 1.165) is 5.56 Å². The third kappa shape index (κ3) is 5.43. The molecule has 0 spiro atoms. The summed E-state index contributed by atoms with van der Waals surface area (Å²) in [5.74, 6) is -1.84. The second-order valence-electron chi connectivity index (χ2n) is 10.6. The first kappa shape index (κ1) is 28.4. The lowest BCUT2D eigenvalue weighted by atomic mass is 9.84. The Morgan fingerprint density at radius 2 is 1.57 bits per heavy atom. The van der Waals surface area contributed by atoms with Crippen molar-refractivity contribution in [2.75, 3.05) is 18.6 Å². The molecular formula is C32H33NO7. The summed E-state index contributed by atoms with van der Waals surface area (Å²) in [6, 6.07) is 16.4. The summed E-state index contributed by atoms with van der Waals surface area (Å²) in [5.41, 5.74) is 1.94. The number of ether oxygens (including phenoxy) is 2. The molecule has 1 heterocycles. The van der Waals surface area contributed by atoms with E-state index in [2.05, 4.69) is 0 Å². The van der Waals surface area contributed by atoms with Gasteiger partial charge in [0.15, 0.2) is 0 Å². The van der Waals surface area contributed by atoms with Gasteiger partial charge in [0.1, 0.15) is 17.3 Å². The van der Waals surface area contributed by atoms with Gasteiger partial charge in [-0.25, -0.2) is 4.79 Å². The SMILES string of the molecule is CCCOC(=O)c1ccc(N2C(=O)C(=O)/C(=C(\O)c3ccc(OC)c(C(C)(C)C)c3)C2c2ccc(O)cc2)cc1. The molecule has 1 aliphatic heterocycles. The zero-order valence-corrected chi connectivity index (χ0v) is 23.2. The normalized spacial score (nSPS) is 16.7. The Balaban J connectivity index is 1.86. The first-order valence-electron chi connectivity index (χ1n) is 13.0. The maximum absolute atomic E-state index is 13.5. The van der Waals surface area contributed by atoms with Gasteiger partial charge in [-0.1, -0.05) is 39.8 Å². The standard InChI is InChI=1S/C32H33NO7/c1-6-17-40-31(38)20-7-12-22(13-8-20)33-27(19-9-14-23(34)15-10-19)26(29(36)30(33)37)28(35)21-11-16-25(39-5)24(18-21)32(2,3)4/h7-16,18,27,34-35H,6,17H2,1-5H3/b28-26-. The fraction of sp³-hybridized carbons (Fsp3) is 0.281. The fourth-order valence-electron chi connectivity index (χ4n) is 4.70. The highest BCUT2D eigenvalue weighted by molar-refractivity contribution is 6.51. The lowest BCUT2D eigenvalue weighted by molar-refractivity contribution is -0.132. The largest absolute Gasteiger partial charge is 0.508 e. The molecule has 3 aromatic rings. The van der Waals surface area contributed by atoms with Crippen molar-refractivity contribution < 1.29 is 34.1 Å². The number of anilines is 1. The fourth-order valence-corrected chi connectivity index (χ4v) is 4.70. The Morgan fingerprint density at radius 1 is 0.950 bits per heavy atom. The van der Waals surface area contributed by atoms with Crippen LogP contribution in [0.25, 0.3) is 5.76 Å². The minimum Gasteiger partial charge on any atom is -0.508 e. The van der Waals surface area contributed by atoms with Gasteiger partial charge < -0.3 is 19.7 Å². The molecule has 40 heavy (non-hydrogen) atoms. The number of benzene rings is 3. The Kier molecular flexibility index (Phi) is 8.00. The van der Waals surface area contributed by atoms with E-state index in [0.29, 0.717) is 41.2 Å². The number of aliphatic hydroxyl groups excluding tert-OH is 1. The van der Waals surface area contributed by atoms with Crippen LogP contribution in [0.5, 0.6) is 11.5 Å². The van der Waals surface area contributed by atoms with Gasteiger partial charge in [-0.3, -0.25) is 14.5 Å². The number of Topliss-reactive ketones (excluding diaryl/α,β-unsaturated/α-hetero) is 1. The number of ketones is 1. The number of carbonyl (C=O) groups is 3. The number of aromatic hydroxyl groups is 1. The van der Waals surface area contributed by atoms with Crippen molar-refractivity contribution in [1.29, 1.82) is 0 Å². The van der Waals surface area contributed by atoms with E-state index < -0.39 is 23.7 Å². The predicted molar refractivity (Wildman–Crippen MR) is 152 cm³/mol. The average molecular weight is 544 g/mol. The first-order valence-corrected chi connectivity index (χ1v) is 13.0. The van der Waals surface area contributed by atoms with Gasteiger partial charge in [0.2, 0.25) is 0 Å². The van der Waals surface area contributed by atoms with Gasteiger partial charge in [-0.15, -0.1) is 0 Å². The topological polar surface area (TPSA) is 113 Å². The quantitative estimate of drug-likeness (QED) is 0.165. The third-order valence-corrected chi connectivity index (χ3v) is 6.75. The van der Waals surface area contributed by atoms with Crippen molar-refractivity contribution in [2.45, 2.75) is 45.6 Å². The van der Waals surface area contributed by atoms with Crippen LogP contribution < -0.4 is 9.64 Å². The summed E-state index contributed by atoms with van der Waals surface area (Å²) in [7, 11) is 1.56. The van der Waals surface area contributed by atoms with E-state index in [1.807, 2.05) is 27.7 Å². The van der Waals surface area contributed by atoms with E-state index in [1.165, 1.54) is 29.2 Å². The van der Waals surface area contributed by atoms with E-state index in [9.17, 15) is 24.6 Å². The average Bonchev–Trinajstić information content (AvgIpc) is 3.20. The molecule has 2 N–H and O–H groups in total. The van der Waals surface area contributed by atoms with Crippen LogP contribution in [0.3, 0.4) is 0 Å². The van der Waals surface area contributed by atoms with Gasteiger partial charge in [-0.05, 0) is 72.0 Å². The van der Waals surface area contributed by atoms with Crippen molar-refractivity contribution >= 4 is 29.1 Å². The van der Waals surface area contributed by atoms with Crippen LogP contribution in [0.15, 0.2) is 72.3 Å². The highest BCUT2D eigenvalue weighted by Crippen LogP contribution is 2.43. The molecule has 1 saturated heterocycles. The van der Waals surface area contributed by atoms with E-state index in [4.69, 9.17) is 9.47 Å². The molecule has 8 heteroatoms. The van der Waals surface area contributed by atoms with Gasteiger partial charge >= 0.3 is 5.97 Å². The van der Waals surface area contributed by atoms with Crippen LogP contribution in [0.1, 0.15) is 67.2 Å². The highest BCUT2D eigenvalue weighted by Gasteiger charge is 2.47. The molecule has 0 aromatic heterocycles. The van der Waals surface area contributed by atoms with Crippen molar-refractivity contribution in [3.8, 4) is 11.5 Å². The Labute approximate surface area is 233 Å². The van der Waals surface area contributed by atoms with Crippen LogP contribution in [0.2, 0.25) is 0 Å². The smallest absolute Gasteiger partial charge is 0.338 e. The number of rotatable bonds is 7. The maximum Gasteiger partial charge on any atom is 0.338 e. The Hall–Kier alpha value is -4.59. The summed E-state index contributed by atoms with van der Waals surface area (Å²) in [6.07, 6.45) is 0.687. The number of nitrogens with zero attached hydrogens (tertiary/aromatic N) is 1. The number of methoxy groups -OCH3 is 1. The van der Waals surface area contributed by atoms with E-state index in [-0.39, 0.29) is 22.5 Å². The number of amides is 1.